The summed E-state index contributed by atoms with van der Waals surface area (Å²) in [5, 5.41) is 2.89. The highest BCUT2D eigenvalue weighted by atomic mass is 32.7. The van der Waals surface area contributed by atoms with Gasteiger partial charge in [0, 0.05) is 6.04 Å². The van der Waals surface area contributed by atoms with Crippen LogP contribution in [0.15, 0.2) is 0 Å². The van der Waals surface area contributed by atoms with E-state index in [2.05, 4.69) is 5.32 Å². The maximum Gasteiger partial charge on any atom is 0.385 e. The van der Waals surface area contributed by atoms with Gasteiger partial charge in [-0.25, -0.2) is 4.57 Å². The van der Waals surface area contributed by atoms with Gasteiger partial charge in [0.15, 0.2) is 0 Å². The van der Waals surface area contributed by atoms with Gasteiger partial charge in [-0.05, 0) is 44.6 Å². The molecule has 0 amide bonds. The van der Waals surface area contributed by atoms with Crippen LogP contribution in [0.25, 0.3) is 0 Å². The highest BCUT2D eigenvalue weighted by Gasteiger charge is 2.19. The molecule has 0 aromatic carbocycles. The van der Waals surface area contributed by atoms with Gasteiger partial charge in [0.2, 0.25) is 0 Å². The van der Waals surface area contributed by atoms with E-state index >= 15 is 0 Å². The minimum absolute atomic E-state index is 0.237. The molecule has 2 unspecified atom stereocenters. The Labute approximate surface area is 95.1 Å². The minimum Gasteiger partial charge on any atom is -0.330 e. The Morgan fingerprint density at radius 2 is 2.00 bits per heavy atom. The second-order valence-corrected chi connectivity index (χ2v) is 7.55. The molecule has 15 heavy (non-hydrogen) atoms. The smallest absolute Gasteiger partial charge is 0.330 e. The fraction of sp³-hybridized carbons (Fsp3) is 1.00. The molecule has 0 aliphatic rings. The largest absolute Gasteiger partial charge is 0.385 e. The third kappa shape index (κ3) is 10.7. The topological polar surface area (TPSA) is 95.6 Å². The lowest BCUT2D eigenvalue weighted by Crippen LogP contribution is -2.32. The third-order valence-electron chi connectivity index (χ3n) is 1.91. The zero-order chi connectivity index (χ0) is 11.9. The van der Waals surface area contributed by atoms with Crippen molar-refractivity contribution in [1.82, 2.24) is 5.32 Å². The summed E-state index contributed by atoms with van der Waals surface area (Å²) in [4.78, 5) is 17.5. The van der Waals surface area contributed by atoms with Crippen LogP contribution in [0, 0.1) is 0 Å². The van der Waals surface area contributed by atoms with E-state index in [-0.39, 0.29) is 11.4 Å². The van der Waals surface area contributed by atoms with E-state index in [0.29, 0.717) is 17.9 Å². The molecule has 0 aliphatic heterocycles. The summed E-state index contributed by atoms with van der Waals surface area (Å²) in [6.45, 7) is 0.479. The molecule has 0 aromatic heterocycles. The summed E-state index contributed by atoms with van der Waals surface area (Å²) in [5.74, 6) is 0. The molecule has 0 saturated carbocycles. The average molecular weight is 256 g/mol. The van der Waals surface area contributed by atoms with Gasteiger partial charge in [-0.15, -0.1) is 0 Å². The number of nitrogens with two attached hydrogens (primary N) is 1. The van der Waals surface area contributed by atoms with Gasteiger partial charge in [-0.1, -0.05) is 6.42 Å². The molecule has 0 heterocycles. The van der Waals surface area contributed by atoms with Crippen LogP contribution < -0.4 is 11.1 Å². The Bertz CT molecular complexity index is 212. The van der Waals surface area contributed by atoms with Crippen molar-refractivity contribution in [3.63, 3.8) is 0 Å². The van der Waals surface area contributed by atoms with Crippen LogP contribution in [0.4, 0.5) is 0 Å². The molecule has 0 aliphatic carbocycles. The van der Waals surface area contributed by atoms with Gasteiger partial charge in [-0.2, -0.15) is 0 Å². The summed E-state index contributed by atoms with van der Waals surface area (Å²) >= 11 is 0.655. The Morgan fingerprint density at radius 3 is 2.47 bits per heavy atom. The number of rotatable bonds is 8. The molecule has 0 fully saturated rings. The van der Waals surface area contributed by atoms with Gasteiger partial charge < -0.3 is 20.8 Å². The van der Waals surface area contributed by atoms with Gasteiger partial charge in [0.05, 0.1) is 5.37 Å². The molecule has 0 aromatic rings. The second kappa shape index (κ2) is 7.65. The highest BCUT2D eigenvalue weighted by molar-refractivity contribution is 8.54. The molecule has 92 valence electrons. The Balaban J connectivity index is 3.66. The van der Waals surface area contributed by atoms with Crippen molar-refractivity contribution in [2.45, 2.75) is 44.5 Å². The molecule has 0 radical (unpaired) electrons. The predicted octanol–water partition coefficient (Wildman–Crippen LogP) is 1.27. The summed E-state index contributed by atoms with van der Waals surface area (Å²) in [7, 11) is 0. The lowest BCUT2D eigenvalue weighted by Gasteiger charge is -2.19. The van der Waals surface area contributed by atoms with Crippen molar-refractivity contribution in [2.24, 2.45) is 5.73 Å². The van der Waals surface area contributed by atoms with Crippen LogP contribution in [0.1, 0.15) is 33.1 Å². The van der Waals surface area contributed by atoms with E-state index in [4.69, 9.17) is 15.5 Å². The first kappa shape index (κ1) is 15.4. The monoisotopic (exact) mass is 256 g/mol. The molecule has 0 spiro atoms. The lowest BCUT2D eigenvalue weighted by molar-refractivity contribution is 0.396. The van der Waals surface area contributed by atoms with Crippen LogP contribution in [-0.4, -0.2) is 27.7 Å². The van der Waals surface area contributed by atoms with E-state index < -0.39 is 6.80 Å². The van der Waals surface area contributed by atoms with Crippen molar-refractivity contribution in [3.8, 4) is 0 Å². The quantitative estimate of drug-likeness (QED) is 0.297. The van der Waals surface area contributed by atoms with Crippen molar-refractivity contribution in [2.75, 3.05) is 6.54 Å². The number of nitrogens with one attached hydrogen (secondary N) is 1. The van der Waals surface area contributed by atoms with E-state index in [1.165, 1.54) is 0 Å². The summed E-state index contributed by atoms with van der Waals surface area (Å²) < 4.78 is 10.7. The van der Waals surface area contributed by atoms with Crippen LogP contribution >= 0.6 is 18.2 Å². The van der Waals surface area contributed by atoms with Gasteiger partial charge >= 0.3 is 6.80 Å². The van der Waals surface area contributed by atoms with Crippen LogP contribution in [0.3, 0.4) is 0 Å². The van der Waals surface area contributed by atoms with Crippen molar-refractivity contribution in [3.05, 3.63) is 0 Å². The zero-order valence-electron chi connectivity index (χ0n) is 9.22. The first-order chi connectivity index (χ1) is 6.85. The summed E-state index contributed by atoms with van der Waals surface area (Å²) in [6, 6.07) is 0.255. The molecule has 0 rings (SSSR count). The maximum atomic E-state index is 10.7. The molecule has 5 nitrogen and oxygen atoms in total. The van der Waals surface area contributed by atoms with E-state index in [9.17, 15) is 4.57 Å². The highest BCUT2D eigenvalue weighted by Crippen LogP contribution is 2.51. The Kier molecular flexibility index (Phi) is 7.87. The van der Waals surface area contributed by atoms with Gasteiger partial charge in [-0.3, -0.25) is 0 Å². The number of hydrogen-bond acceptors (Lipinski definition) is 4. The SMILES string of the molecule is CC(CCCCN)NC(C)SP(=O)(O)O. The average Bonchev–Trinajstić information content (AvgIpc) is 2.00. The summed E-state index contributed by atoms with van der Waals surface area (Å²) in [6.07, 6.45) is 3.01. The van der Waals surface area contributed by atoms with Crippen LogP contribution in [0.2, 0.25) is 0 Å². The zero-order valence-corrected chi connectivity index (χ0v) is 10.9. The second-order valence-electron chi connectivity index (χ2n) is 3.59. The fourth-order valence-corrected chi connectivity index (χ4v) is 3.44. The molecule has 7 heteroatoms. The van der Waals surface area contributed by atoms with Gasteiger partial charge in [0.1, 0.15) is 0 Å². The molecule has 0 saturated heterocycles. The number of unbranched alkanes of at least 4 members (excludes halogenated alkanes) is 1. The van der Waals surface area contributed by atoms with E-state index in [0.717, 1.165) is 19.3 Å². The molecule has 0 bridgehead atoms. The van der Waals surface area contributed by atoms with Gasteiger partial charge in [0.25, 0.3) is 0 Å². The fourth-order valence-electron chi connectivity index (χ4n) is 1.32. The molecule has 5 N–H and O–H groups in total. The van der Waals surface area contributed by atoms with Crippen molar-refractivity contribution < 1.29 is 14.4 Å². The van der Waals surface area contributed by atoms with Crippen molar-refractivity contribution in [1.29, 1.82) is 0 Å². The predicted molar refractivity (Wildman–Crippen MR) is 64.6 cm³/mol. The Hall–Kier alpha value is 0.420. The van der Waals surface area contributed by atoms with Crippen LogP contribution in [-0.2, 0) is 4.57 Å². The number of hydrogen-bond donors (Lipinski definition) is 4. The Morgan fingerprint density at radius 1 is 1.40 bits per heavy atom. The van der Waals surface area contributed by atoms with Crippen molar-refractivity contribution >= 4 is 18.2 Å². The molecular weight excluding hydrogens is 235 g/mol. The summed E-state index contributed by atoms with van der Waals surface area (Å²) in [5.41, 5.74) is 5.37. The first-order valence-corrected chi connectivity index (χ1v) is 8.15. The third-order valence-corrected chi connectivity index (χ3v) is 4.41. The van der Waals surface area contributed by atoms with E-state index in [1.54, 1.807) is 6.92 Å². The lowest BCUT2D eigenvalue weighted by atomic mass is 10.1. The normalized spacial score (nSPS) is 16.3. The molecule has 2 atom stereocenters. The van der Waals surface area contributed by atoms with E-state index in [1.807, 2.05) is 6.92 Å². The maximum absolute atomic E-state index is 10.7. The van der Waals surface area contributed by atoms with Crippen LogP contribution in [0.5, 0.6) is 0 Å². The molecular formula is C8H21N2O3PS. The first-order valence-electron chi connectivity index (χ1n) is 5.05. The standard InChI is InChI=1S/C8H21N2O3PS/c1-7(5-3-4-6-9)10-8(2)15-14(11,12)13/h7-8,10H,3-6,9H2,1-2H3,(H2,11,12,13). The minimum atomic E-state index is -3.98.